The summed E-state index contributed by atoms with van der Waals surface area (Å²) in [4.78, 5) is 22.0. The Morgan fingerprint density at radius 2 is 2.38 bits per heavy atom. The van der Waals surface area contributed by atoms with Crippen molar-refractivity contribution in [1.82, 2.24) is 0 Å². The van der Waals surface area contributed by atoms with E-state index < -0.39 is 5.41 Å². The Labute approximate surface area is 77.8 Å². The Bertz CT molecular complexity index is 257. The maximum atomic E-state index is 11.2. The summed E-state index contributed by atoms with van der Waals surface area (Å²) in [5.74, 6) is -0.431. The third-order valence-electron chi connectivity index (χ3n) is 2.77. The molecule has 13 heavy (non-hydrogen) atoms. The fourth-order valence-electron chi connectivity index (χ4n) is 1.72. The highest BCUT2D eigenvalue weighted by Gasteiger charge is 2.41. The molecule has 0 aromatic carbocycles. The third-order valence-corrected chi connectivity index (χ3v) is 2.77. The van der Waals surface area contributed by atoms with Crippen molar-refractivity contribution in [3.8, 4) is 0 Å². The molecule has 0 N–H and O–H groups in total. The molecule has 0 aromatic heterocycles. The minimum Gasteiger partial charge on any atom is -0.469 e. The topological polar surface area (TPSA) is 43.4 Å². The summed E-state index contributed by atoms with van der Waals surface area (Å²) in [5.41, 5.74) is 0.302. The summed E-state index contributed by atoms with van der Waals surface area (Å²) < 4.78 is 4.62. The Kier molecular flexibility index (Phi) is 2.55. The van der Waals surface area contributed by atoms with Crippen molar-refractivity contribution in [2.45, 2.75) is 19.8 Å². The number of esters is 1. The molecule has 0 radical (unpaired) electrons. The number of hydrogen-bond acceptors (Lipinski definition) is 3. The van der Waals surface area contributed by atoms with Gasteiger partial charge in [-0.3, -0.25) is 4.79 Å². The van der Waals surface area contributed by atoms with Crippen molar-refractivity contribution in [1.29, 1.82) is 0 Å². The molecule has 1 fully saturated rings. The number of methoxy groups -OCH3 is 1. The highest BCUT2D eigenvalue weighted by atomic mass is 16.5. The van der Waals surface area contributed by atoms with Gasteiger partial charge in [0.1, 0.15) is 6.29 Å². The molecule has 72 valence electrons. The summed E-state index contributed by atoms with van der Waals surface area (Å²) in [6, 6.07) is 0. The van der Waals surface area contributed by atoms with Crippen LogP contribution in [0.2, 0.25) is 0 Å². The van der Waals surface area contributed by atoms with E-state index in [1.54, 1.807) is 0 Å². The average molecular weight is 182 g/mol. The monoisotopic (exact) mass is 182 g/mol. The van der Waals surface area contributed by atoms with Crippen molar-refractivity contribution >= 4 is 12.3 Å². The zero-order valence-electron chi connectivity index (χ0n) is 8.00. The zero-order valence-corrected chi connectivity index (χ0v) is 8.00. The highest BCUT2D eigenvalue weighted by molar-refractivity contribution is 5.77. The molecule has 0 unspecified atom stereocenters. The first-order valence-corrected chi connectivity index (χ1v) is 4.26. The van der Waals surface area contributed by atoms with Gasteiger partial charge < -0.3 is 9.53 Å². The summed E-state index contributed by atoms with van der Waals surface area (Å²) in [7, 11) is 1.36. The molecule has 0 heterocycles. The van der Waals surface area contributed by atoms with E-state index >= 15 is 0 Å². The average Bonchev–Trinajstić information content (AvgIpc) is 2.43. The lowest BCUT2D eigenvalue weighted by Crippen LogP contribution is -2.18. The summed E-state index contributed by atoms with van der Waals surface area (Å²) in [5, 5.41) is 0. The number of rotatable bonds is 2. The summed E-state index contributed by atoms with van der Waals surface area (Å²) in [6.07, 6.45) is 1.97. The Morgan fingerprint density at radius 3 is 2.77 bits per heavy atom. The molecule has 3 nitrogen and oxygen atoms in total. The number of aldehydes is 1. The van der Waals surface area contributed by atoms with Gasteiger partial charge in [0.2, 0.25) is 0 Å². The molecule has 0 amide bonds. The first kappa shape index (κ1) is 9.96. The van der Waals surface area contributed by atoms with Crippen molar-refractivity contribution in [2.24, 2.45) is 11.3 Å². The van der Waals surface area contributed by atoms with E-state index in [2.05, 4.69) is 11.3 Å². The van der Waals surface area contributed by atoms with Crippen LogP contribution in [-0.2, 0) is 14.3 Å². The maximum Gasteiger partial charge on any atom is 0.309 e. The van der Waals surface area contributed by atoms with Crippen molar-refractivity contribution in [3.63, 3.8) is 0 Å². The fourth-order valence-corrected chi connectivity index (χ4v) is 1.72. The van der Waals surface area contributed by atoms with Crippen LogP contribution in [0, 0.1) is 11.3 Å². The Morgan fingerprint density at radius 1 is 1.77 bits per heavy atom. The maximum absolute atomic E-state index is 11.2. The number of carbonyl (C=O) groups excluding carboxylic acids is 2. The van der Waals surface area contributed by atoms with E-state index in [1.807, 2.05) is 6.92 Å². The smallest absolute Gasteiger partial charge is 0.309 e. The summed E-state index contributed by atoms with van der Waals surface area (Å²) in [6.45, 7) is 5.62. The largest absolute Gasteiger partial charge is 0.469 e. The van der Waals surface area contributed by atoms with E-state index in [0.29, 0.717) is 12.8 Å². The van der Waals surface area contributed by atoms with Gasteiger partial charge in [-0.2, -0.15) is 0 Å². The van der Waals surface area contributed by atoms with Crippen LogP contribution in [0.4, 0.5) is 0 Å². The van der Waals surface area contributed by atoms with E-state index in [0.717, 1.165) is 11.9 Å². The zero-order chi connectivity index (χ0) is 10.1. The molecular formula is C10H14O3. The molecule has 3 heteroatoms. The van der Waals surface area contributed by atoms with Crippen LogP contribution >= 0.6 is 0 Å². The quantitative estimate of drug-likeness (QED) is 0.367. The van der Waals surface area contributed by atoms with Gasteiger partial charge in [-0.1, -0.05) is 12.2 Å². The van der Waals surface area contributed by atoms with Gasteiger partial charge in [0.05, 0.1) is 13.0 Å². The molecule has 0 aromatic rings. The molecule has 1 rings (SSSR count). The Balaban J connectivity index is 2.76. The molecule has 0 bridgehead atoms. The lowest BCUT2D eigenvalue weighted by Gasteiger charge is -2.16. The van der Waals surface area contributed by atoms with Crippen LogP contribution in [0.1, 0.15) is 19.8 Å². The first-order chi connectivity index (χ1) is 6.03. The number of ether oxygens (including phenoxy) is 1. The van der Waals surface area contributed by atoms with Gasteiger partial charge in [0.15, 0.2) is 0 Å². The van der Waals surface area contributed by atoms with Crippen molar-refractivity contribution in [2.75, 3.05) is 7.11 Å². The normalized spacial score (nSPS) is 33.1. The van der Waals surface area contributed by atoms with Crippen LogP contribution in [-0.4, -0.2) is 19.4 Å². The Hall–Kier alpha value is -1.12. The van der Waals surface area contributed by atoms with Gasteiger partial charge in [-0.15, -0.1) is 0 Å². The second-order valence-corrected chi connectivity index (χ2v) is 3.77. The predicted octanol–water partition coefficient (Wildman–Crippen LogP) is 1.33. The van der Waals surface area contributed by atoms with E-state index in [-0.39, 0.29) is 11.9 Å². The van der Waals surface area contributed by atoms with Crippen molar-refractivity contribution in [3.05, 3.63) is 12.2 Å². The van der Waals surface area contributed by atoms with Crippen LogP contribution in [0.25, 0.3) is 0 Å². The van der Waals surface area contributed by atoms with Gasteiger partial charge >= 0.3 is 5.97 Å². The molecule has 0 saturated heterocycles. The molecule has 2 atom stereocenters. The second-order valence-electron chi connectivity index (χ2n) is 3.77. The van der Waals surface area contributed by atoms with Gasteiger partial charge in [-0.05, 0) is 19.8 Å². The number of hydrogen-bond donors (Lipinski definition) is 0. The van der Waals surface area contributed by atoms with Gasteiger partial charge in [-0.25, -0.2) is 0 Å². The highest BCUT2D eigenvalue weighted by Crippen LogP contribution is 2.43. The molecular weight excluding hydrogens is 168 g/mol. The lowest BCUT2D eigenvalue weighted by molar-refractivity contribution is -0.145. The van der Waals surface area contributed by atoms with Crippen LogP contribution in [0.3, 0.4) is 0 Å². The first-order valence-electron chi connectivity index (χ1n) is 4.26. The number of carbonyl (C=O) groups is 2. The van der Waals surface area contributed by atoms with Crippen LogP contribution < -0.4 is 0 Å². The molecule has 1 saturated carbocycles. The molecule has 1 aliphatic carbocycles. The fraction of sp³-hybridized carbons (Fsp3) is 0.600. The summed E-state index contributed by atoms with van der Waals surface area (Å²) >= 11 is 0. The van der Waals surface area contributed by atoms with Crippen LogP contribution in [0.5, 0.6) is 0 Å². The molecule has 1 aliphatic rings. The minimum absolute atomic E-state index is 0.187. The number of allylic oxidation sites excluding steroid dienone is 1. The van der Waals surface area contributed by atoms with Gasteiger partial charge in [0, 0.05) is 5.41 Å². The lowest BCUT2D eigenvalue weighted by atomic mass is 9.87. The third kappa shape index (κ3) is 1.64. The van der Waals surface area contributed by atoms with E-state index in [1.165, 1.54) is 7.11 Å². The minimum atomic E-state index is -0.529. The van der Waals surface area contributed by atoms with E-state index in [4.69, 9.17) is 0 Å². The van der Waals surface area contributed by atoms with Crippen molar-refractivity contribution < 1.29 is 14.3 Å². The predicted molar refractivity (Wildman–Crippen MR) is 48.1 cm³/mol. The standard InChI is InChI=1S/C10H14O3/c1-7-4-8(9(12)13-3)5-10(7,2)6-11/h6,8H,1,4-5H2,2-3H3/t8-,10+/m0/s1. The second kappa shape index (κ2) is 3.32. The van der Waals surface area contributed by atoms with Crippen LogP contribution in [0.15, 0.2) is 12.2 Å². The SMILES string of the molecule is C=C1C[C@H](C(=O)OC)C[C@]1(C)C=O. The van der Waals surface area contributed by atoms with E-state index in [9.17, 15) is 9.59 Å². The molecule has 0 aliphatic heterocycles. The molecule has 0 spiro atoms. The van der Waals surface area contributed by atoms with Gasteiger partial charge in [0.25, 0.3) is 0 Å².